The molecule has 0 saturated carbocycles. The Hall–Kier alpha value is -4.21. The molecule has 4 aromatic heterocycles. The van der Waals surface area contributed by atoms with Crippen LogP contribution in [-0.4, -0.2) is 48.0 Å². The third kappa shape index (κ3) is 4.34. The molecule has 1 aromatic carbocycles. The van der Waals surface area contributed by atoms with Gasteiger partial charge in [0.1, 0.15) is 23.6 Å². The van der Waals surface area contributed by atoms with Crippen molar-refractivity contribution in [2.45, 2.75) is 19.4 Å². The molecule has 5 aromatic rings. The van der Waals surface area contributed by atoms with Gasteiger partial charge < -0.3 is 4.74 Å². The van der Waals surface area contributed by atoms with Crippen molar-refractivity contribution >= 4 is 10.9 Å². The number of rotatable bonds is 7. The van der Waals surface area contributed by atoms with Crippen LogP contribution < -0.4 is 4.74 Å². The zero-order chi connectivity index (χ0) is 23.7. The van der Waals surface area contributed by atoms with E-state index in [1.54, 1.807) is 36.6 Å². The van der Waals surface area contributed by atoms with Crippen molar-refractivity contribution in [1.82, 2.24) is 34.5 Å². The maximum atomic E-state index is 12.7. The second-order valence-corrected chi connectivity index (χ2v) is 7.83. The van der Waals surface area contributed by atoms with Crippen LogP contribution in [-0.2, 0) is 20.0 Å². The number of methoxy groups -OCH3 is 1. The first-order valence-electron chi connectivity index (χ1n) is 10.6. The number of ether oxygens (including phenoxy) is 1. The van der Waals surface area contributed by atoms with Crippen molar-refractivity contribution in [2.75, 3.05) is 7.11 Å². The Kier molecular flexibility index (Phi) is 5.70. The van der Waals surface area contributed by atoms with E-state index in [1.165, 1.54) is 10.9 Å². The lowest BCUT2D eigenvalue weighted by molar-refractivity contribution is 0.122. The van der Waals surface area contributed by atoms with E-state index in [1.807, 2.05) is 37.5 Å². The molecule has 34 heavy (non-hydrogen) atoms. The topological polar surface area (TPSA) is 83.5 Å². The summed E-state index contributed by atoms with van der Waals surface area (Å²) >= 11 is 0. The molecule has 0 N–H and O–H groups in total. The molecule has 0 amide bonds. The van der Waals surface area contributed by atoms with Crippen molar-refractivity contribution in [3.8, 4) is 28.1 Å². The maximum Gasteiger partial charge on any atom is 0.257 e. The number of halogens is 2. The van der Waals surface area contributed by atoms with Crippen molar-refractivity contribution in [2.24, 2.45) is 7.05 Å². The number of aryl methyl sites for hydroxylation is 1. The van der Waals surface area contributed by atoms with Crippen LogP contribution in [0.5, 0.6) is 5.75 Å². The molecule has 0 spiro atoms. The first kappa shape index (κ1) is 21.6. The van der Waals surface area contributed by atoms with Crippen LogP contribution in [0.4, 0.5) is 8.78 Å². The van der Waals surface area contributed by atoms with Gasteiger partial charge in [0.2, 0.25) is 0 Å². The Morgan fingerprint density at radius 3 is 2.59 bits per heavy atom. The standard InChI is InChI=1S/C24H21F2N7O/c1-32-12-18(10-29-32)15-3-4-16(20(7-15)34-2)8-22-28-9-17-5-6-27-23(24(17)31-22)19-11-30-33(13-19)14-21(25)26/h3-7,9-13,21H,8,14H2,1-2H3. The molecule has 0 saturated heterocycles. The summed E-state index contributed by atoms with van der Waals surface area (Å²) in [6.07, 6.45) is 8.17. The second kappa shape index (κ2) is 8.97. The molecule has 0 fully saturated rings. The van der Waals surface area contributed by atoms with E-state index in [0.717, 1.165) is 27.8 Å². The van der Waals surface area contributed by atoms with Gasteiger partial charge in [0, 0.05) is 60.3 Å². The normalized spacial score (nSPS) is 11.4. The lowest BCUT2D eigenvalue weighted by atomic mass is 10.0. The smallest absolute Gasteiger partial charge is 0.257 e. The third-order valence-electron chi connectivity index (χ3n) is 5.45. The first-order chi connectivity index (χ1) is 16.5. The zero-order valence-electron chi connectivity index (χ0n) is 18.6. The Morgan fingerprint density at radius 1 is 0.971 bits per heavy atom. The Balaban J connectivity index is 1.48. The number of nitrogens with zero attached hydrogens (tertiary/aromatic N) is 7. The molecule has 0 aliphatic heterocycles. The summed E-state index contributed by atoms with van der Waals surface area (Å²) in [5.74, 6) is 1.32. The highest BCUT2D eigenvalue weighted by Gasteiger charge is 2.14. The molecular formula is C24H21F2N7O. The predicted molar refractivity (Wildman–Crippen MR) is 123 cm³/mol. The molecule has 0 atom stereocenters. The third-order valence-corrected chi connectivity index (χ3v) is 5.45. The highest BCUT2D eigenvalue weighted by Crippen LogP contribution is 2.29. The summed E-state index contributed by atoms with van der Waals surface area (Å²) in [6, 6.07) is 7.79. The number of aromatic nitrogens is 7. The summed E-state index contributed by atoms with van der Waals surface area (Å²) in [7, 11) is 3.51. The molecule has 0 aliphatic carbocycles. The Morgan fingerprint density at radius 2 is 1.82 bits per heavy atom. The van der Waals surface area contributed by atoms with Gasteiger partial charge in [-0.05, 0) is 17.7 Å². The molecule has 0 radical (unpaired) electrons. The van der Waals surface area contributed by atoms with E-state index in [4.69, 9.17) is 9.72 Å². The summed E-state index contributed by atoms with van der Waals surface area (Å²) in [5.41, 5.74) is 4.76. The molecule has 0 bridgehead atoms. The monoisotopic (exact) mass is 461 g/mol. The number of benzene rings is 1. The summed E-state index contributed by atoms with van der Waals surface area (Å²) in [5, 5.41) is 9.04. The van der Waals surface area contributed by atoms with Crippen molar-refractivity contribution in [3.63, 3.8) is 0 Å². The molecule has 4 heterocycles. The van der Waals surface area contributed by atoms with Gasteiger partial charge in [-0.15, -0.1) is 0 Å². The van der Waals surface area contributed by atoms with Crippen LogP contribution in [0.3, 0.4) is 0 Å². The minimum Gasteiger partial charge on any atom is -0.496 e. The van der Waals surface area contributed by atoms with Crippen LogP contribution in [0.15, 0.2) is 61.4 Å². The number of fused-ring (bicyclic) bond motifs is 1. The zero-order valence-corrected chi connectivity index (χ0v) is 18.6. The van der Waals surface area contributed by atoms with Crippen molar-refractivity contribution in [1.29, 1.82) is 0 Å². The van der Waals surface area contributed by atoms with Gasteiger partial charge in [0.25, 0.3) is 6.43 Å². The van der Waals surface area contributed by atoms with E-state index in [2.05, 4.69) is 20.2 Å². The Bertz CT molecular complexity index is 1460. The predicted octanol–water partition coefficient (Wildman–Crippen LogP) is 4.15. The SMILES string of the molecule is COc1cc(-c2cnn(C)c2)ccc1Cc1ncc2ccnc(-c3cnn(CC(F)F)c3)c2n1. The highest BCUT2D eigenvalue weighted by atomic mass is 19.3. The minimum atomic E-state index is -2.48. The quantitative estimate of drug-likeness (QED) is 0.362. The minimum absolute atomic E-state index is 0.450. The van der Waals surface area contributed by atoms with Gasteiger partial charge in [0.15, 0.2) is 0 Å². The molecule has 0 aliphatic rings. The average molecular weight is 461 g/mol. The van der Waals surface area contributed by atoms with Gasteiger partial charge in [-0.3, -0.25) is 14.3 Å². The van der Waals surface area contributed by atoms with Crippen molar-refractivity contribution < 1.29 is 13.5 Å². The fourth-order valence-electron chi connectivity index (χ4n) is 3.83. The molecule has 5 rings (SSSR count). The van der Waals surface area contributed by atoms with Crippen molar-refractivity contribution in [3.05, 3.63) is 72.8 Å². The van der Waals surface area contributed by atoms with E-state index in [0.29, 0.717) is 29.0 Å². The van der Waals surface area contributed by atoms with E-state index >= 15 is 0 Å². The fourth-order valence-corrected chi connectivity index (χ4v) is 3.83. The number of hydrogen-bond donors (Lipinski definition) is 0. The lowest BCUT2D eigenvalue weighted by Crippen LogP contribution is -2.06. The van der Waals surface area contributed by atoms with Crippen LogP contribution in [0.25, 0.3) is 33.3 Å². The number of hydrogen-bond acceptors (Lipinski definition) is 6. The van der Waals surface area contributed by atoms with Gasteiger partial charge in [0.05, 0.1) is 25.2 Å². The average Bonchev–Trinajstić information content (AvgIpc) is 3.47. The first-order valence-corrected chi connectivity index (χ1v) is 10.6. The number of pyridine rings is 1. The van der Waals surface area contributed by atoms with Gasteiger partial charge >= 0.3 is 0 Å². The molecule has 10 heteroatoms. The van der Waals surface area contributed by atoms with Crippen LogP contribution >= 0.6 is 0 Å². The molecule has 172 valence electrons. The van der Waals surface area contributed by atoms with Gasteiger partial charge in [-0.25, -0.2) is 18.7 Å². The molecule has 8 nitrogen and oxygen atoms in total. The van der Waals surface area contributed by atoms with Crippen LogP contribution in [0, 0.1) is 0 Å². The maximum absolute atomic E-state index is 12.7. The van der Waals surface area contributed by atoms with E-state index in [9.17, 15) is 8.78 Å². The summed E-state index contributed by atoms with van der Waals surface area (Å²) in [6.45, 7) is -0.472. The van der Waals surface area contributed by atoms with E-state index in [-0.39, 0.29) is 0 Å². The summed E-state index contributed by atoms with van der Waals surface area (Å²) in [4.78, 5) is 13.7. The number of alkyl halides is 2. The Labute approximate surface area is 193 Å². The summed E-state index contributed by atoms with van der Waals surface area (Å²) < 4.78 is 34.0. The van der Waals surface area contributed by atoms with Gasteiger partial charge in [-0.2, -0.15) is 10.2 Å². The highest BCUT2D eigenvalue weighted by molar-refractivity contribution is 5.90. The fraction of sp³-hybridized carbons (Fsp3) is 0.208. The van der Waals surface area contributed by atoms with Crippen LogP contribution in [0.1, 0.15) is 11.4 Å². The van der Waals surface area contributed by atoms with E-state index < -0.39 is 13.0 Å². The lowest BCUT2D eigenvalue weighted by Gasteiger charge is -2.11. The molecular weight excluding hydrogens is 440 g/mol. The van der Waals surface area contributed by atoms with Crippen LogP contribution in [0.2, 0.25) is 0 Å². The van der Waals surface area contributed by atoms with Gasteiger partial charge in [-0.1, -0.05) is 12.1 Å². The molecule has 0 unspecified atom stereocenters. The second-order valence-electron chi connectivity index (χ2n) is 7.83. The largest absolute Gasteiger partial charge is 0.496 e.